The molecule has 0 aromatic heterocycles. The van der Waals surface area contributed by atoms with Gasteiger partial charge in [0.15, 0.2) is 0 Å². The molecule has 0 heterocycles. The zero-order valence-corrected chi connectivity index (χ0v) is 15.2. The molecule has 0 radical (unpaired) electrons. The topological polar surface area (TPSA) is 0 Å². The van der Waals surface area contributed by atoms with Gasteiger partial charge >= 0.3 is 12.4 Å². The van der Waals surface area contributed by atoms with Crippen molar-refractivity contribution in [3.05, 3.63) is 53.1 Å². The molecule has 2 rings (SSSR count). The summed E-state index contributed by atoms with van der Waals surface area (Å²) in [5, 5.41) is 0.128. The number of halogens is 6. The summed E-state index contributed by atoms with van der Waals surface area (Å²) in [5.41, 5.74) is -2.61. The van der Waals surface area contributed by atoms with Gasteiger partial charge in [-0.3, -0.25) is 0 Å². The van der Waals surface area contributed by atoms with E-state index < -0.39 is 37.1 Å². The molecule has 136 valence electrons. The summed E-state index contributed by atoms with van der Waals surface area (Å²) in [6.45, 7) is 6.87. The Morgan fingerprint density at radius 1 is 0.720 bits per heavy atom. The molecular formula is C18H18F6Si. The normalized spacial score (nSPS) is 13.2. The lowest BCUT2D eigenvalue weighted by molar-refractivity contribution is -0.141. The predicted molar refractivity (Wildman–Crippen MR) is 89.6 cm³/mol. The van der Waals surface area contributed by atoms with Crippen molar-refractivity contribution in [2.45, 2.75) is 38.9 Å². The molecule has 0 aliphatic heterocycles. The van der Waals surface area contributed by atoms with Gasteiger partial charge in [0.05, 0.1) is 19.2 Å². The maximum Gasteiger partial charge on any atom is 0.417 e. The first kappa shape index (κ1) is 19.6. The lowest BCUT2D eigenvalue weighted by atomic mass is 9.93. The largest absolute Gasteiger partial charge is 0.417 e. The highest BCUT2D eigenvalue weighted by atomic mass is 28.3. The Hall–Kier alpha value is -1.76. The van der Waals surface area contributed by atoms with Gasteiger partial charge in [-0.2, -0.15) is 26.3 Å². The minimum atomic E-state index is -4.88. The van der Waals surface area contributed by atoms with Crippen LogP contribution in [0, 0.1) is 6.92 Å². The van der Waals surface area contributed by atoms with Gasteiger partial charge in [0.2, 0.25) is 0 Å². The summed E-state index contributed by atoms with van der Waals surface area (Å²) < 4.78 is 81.6. The van der Waals surface area contributed by atoms with E-state index in [1.807, 2.05) is 0 Å². The number of hydrogen-bond donors (Lipinski definition) is 0. The van der Waals surface area contributed by atoms with E-state index in [1.165, 1.54) is 24.3 Å². The Labute approximate surface area is 143 Å². The predicted octanol–water partition coefficient (Wildman–Crippen LogP) is 6.24. The van der Waals surface area contributed by atoms with Crippen molar-refractivity contribution < 1.29 is 26.3 Å². The SMILES string of the molecule is Cc1ccc(-c2c(C(F)(F)F)cc([Si](C)(C)C)cc2C(F)(F)F)cc1. The molecule has 0 aliphatic rings. The van der Waals surface area contributed by atoms with Crippen molar-refractivity contribution in [1.82, 2.24) is 0 Å². The van der Waals surface area contributed by atoms with E-state index in [-0.39, 0.29) is 10.8 Å². The molecule has 25 heavy (non-hydrogen) atoms. The van der Waals surface area contributed by atoms with Gasteiger partial charge in [-0.15, -0.1) is 0 Å². The fourth-order valence-corrected chi connectivity index (χ4v) is 3.71. The highest BCUT2D eigenvalue weighted by Crippen LogP contribution is 2.44. The van der Waals surface area contributed by atoms with Crippen LogP contribution in [0.15, 0.2) is 36.4 Å². The third kappa shape index (κ3) is 4.26. The van der Waals surface area contributed by atoms with E-state index in [0.717, 1.165) is 17.7 Å². The fourth-order valence-electron chi connectivity index (χ4n) is 2.55. The average molecular weight is 376 g/mol. The Balaban J connectivity index is 2.94. The molecule has 2 aromatic rings. The smallest absolute Gasteiger partial charge is 0.166 e. The van der Waals surface area contributed by atoms with E-state index in [2.05, 4.69) is 0 Å². The first-order valence-electron chi connectivity index (χ1n) is 7.61. The minimum Gasteiger partial charge on any atom is -0.166 e. The van der Waals surface area contributed by atoms with Crippen LogP contribution >= 0.6 is 0 Å². The molecule has 0 fully saturated rings. The maximum absolute atomic E-state index is 13.6. The molecule has 0 unspecified atom stereocenters. The molecule has 0 bridgehead atoms. The highest BCUT2D eigenvalue weighted by Gasteiger charge is 2.42. The van der Waals surface area contributed by atoms with Gasteiger partial charge < -0.3 is 0 Å². The van der Waals surface area contributed by atoms with Crippen LogP contribution in [0.4, 0.5) is 26.3 Å². The van der Waals surface area contributed by atoms with Gasteiger partial charge in [0.25, 0.3) is 0 Å². The summed E-state index contributed by atoms with van der Waals surface area (Å²) in [5.74, 6) is 0. The lowest BCUT2D eigenvalue weighted by Crippen LogP contribution is -2.39. The molecular weight excluding hydrogens is 358 g/mol. The molecule has 0 aliphatic carbocycles. The molecule has 0 amide bonds. The zero-order chi connectivity index (χ0) is 19.2. The van der Waals surface area contributed by atoms with Crippen LogP contribution in [0.5, 0.6) is 0 Å². The van der Waals surface area contributed by atoms with E-state index >= 15 is 0 Å². The Morgan fingerprint density at radius 2 is 1.12 bits per heavy atom. The van der Waals surface area contributed by atoms with Crippen LogP contribution in [0.25, 0.3) is 11.1 Å². The fraction of sp³-hybridized carbons (Fsp3) is 0.333. The van der Waals surface area contributed by atoms with Crippen LogP contribution in [-0.2, 0) is 12.4 Å². The van der Waals surface area contributed by atoms with Crippen LogP contribution in [0.1, 0.15) is 16.7 Å². The maximum atomic E-state index is 13.6. The third-order valence-electron chi connectivity index (χ3n) is 3.96. The molecule has 0 saturated heterocycles. The summed E-state index contributed by atoms with van der Waals surface area (Å²) in [4.78, 5) is 0. The van der Waals surface area contributed by atoms with Crippen molar-refractivity contribution in [3.63, 3.8) is 0 Å². The Morgan fingerprint density at radius 3 is 1.44 bits per heavy atom. The second-order valence-corrected chi connectivity index (χ2v) is 12.1. The van der Waals surface area contributed by atoms with Crippen molar-refractivity contribution >= 4 is 13.3 Å². The van der Waals surface area contributed by atoms with Crippen LogP contribution in [0.2, 0.25) is 19.6 Å². The average Bonchev–Trinajstić information content (AvgIpc) is 2.44. The molecule has 0 atom stereocenters. The zero-order valence-electron chi connectivity index (χ0n) is 14.2. The standard InChI is InChI=1S/C18H18F6Si/c1-11-5-7-12(8-6-11)16-14(17(19,20)21)9-13(25(2,3)4)10-15(16)18(22,23)24/h5-10H,1-4H3. The Kier molecular flexibility index (Phi) is 4.85. The Bertz CT molecular complexity index is 729. The van der Waals surface area contributed by atoms with Crippen LogP contribution < -0.4 is 5.19 Å². The minimum absolute atomic E-state index is 0.0904. The number of aryl methyl sites for hydroxylation is 1. The van der Waals surface area contributed by atoms with Gasteiger partial charge in [-0.25, -0.2) is 0 Å². The van der Waals surface area contributed by atoms with Crippen molar-refractivity contribution in [2.24, 2.45) is 0 Å². The van der Waals surface area contributed by atoms with Crippen molar-refractivity contribution in [2.75, 3.05) is 0 Å². The van der Waals surface area contributed by atoms with Gasteiger partial charge in [0.1, 0.15) is 0 Å². The molecule has 2 aromatic carbocycles. The quantitative estimate of drug-likeness (QED) is 0.430. The first-order chi connectivity index (χ1) is 11.2. The van der Waals surface area contributed by atoms with Gasteiger partial charge in [0, 0.05) is 5.56 Å². The summed E-state index contributed by atoms with van der Waals surface area (Å²) >= 11 is 0. The van der Waals surface area contributed by atoms with Crippen LogP contribution in [-0.4, -0.2) is 8.07 Å². The van der Waals surface area contributed by atoms with E-state index in [4.69, 9.17) is 0 Å². The van der Waals surface area contributed by atoms with Crippen LogP contribution in [0.3, 0.4) is 0 Å². The summed E-state index contributed by atoms with van der Waals surface area (Å²) in [7, 11) is -2.39. The first-order valence-corrected chi connectivity index (χ1v) is 11.1. The second kappa shape index (κ2) is 6.19. The number of hydrogen-bond acceptors (Lipinski definition) is 0. The molecule has 7 heteroatoms. The van der Waals surface area contributed by atoms with Crippen molar-refractivity contribution in [1.29, 1.82) is 0 Å². The number of alkyl halides is 6. The second-order valence-electron chi connectivity index (χ2n) is 7.06. The summed E-state index contributed by atoms with van der Waals surface area (Å²) in [6, 6.07) is 7.37. The number of rotatable bonds is 2. The molecule has 0 spiro atoms. The number of benzene rings is 2. The van der Waals surface area contributed by atoms with Gasteiger partial charge in [-0.1, -0.05) is 66.8 Å². The van der Waals surface area contributed by atoms with Gasteiger partial charge in [-0.05, 0) is 12.5 Å². The highest BCUT2D eigenvalue weighted by molar-refractivity contribution is 6.88. The molecule has 0 saturated carbocycles. The van der Waals surface area contributed by atoms with Crippen molar-refractivity contribution in [3.8, 4) is 11.1 Å². The molecule has 0 N–H and O–H groups in total. The van der Waals surface area contributed by atoms with E-state index in [0.29, 0.717) is 0 Å². The van der Waals surface area contributed by atoms with E-state index in [9.17, 15) is 26.3 Å². The molecule has 0 nitrogen and oxygen atoms in total. The summed E-state index contributed by atoms with van der Waals surface area (Å²) in [6.07, 6.45) is -9.76. The third-order valence-corrected chi connectivity index (χ3v) is 5.98. The lowest BCUT2D eigenvalue weighted by Gasteiger charge is -2.25. The van der Waals surface area contributed by atoms with E-state index in [1.54, 1.807) is 26.6 Å². The monoisotopic (exact) mass is 376 g/mol.